The second-order valence-corrected chi connectivity index (χ2v) is 31.4. The summed E-state index contributed by atoms with van der Waals surface area (Å²) in [5.41, 5.74) is 18.4. The molecule has 8 heteroatoms. The number of rotatable bonds is 22. The van der Waals surface area contributed by atoms with Gasteiger partial charge in [0.1, 0.15) is 23.0 Å². The van der Waals surface area contributed by atoms with Crippen molar-refractivity contribution in [3.63, 3.8) is 0 Å². The Balaban J connectivity index is 0.687. The normalized spacial score (nSPS) is 11.5. The molecule has 0 saturated carbocycles. The SMILES string of the molecule is Cc1cc(-c2ccccc2SCCCCSc2ccccc2-c2cc(Cc3cc(-c4ccccc4SCCSc4ccccc4-c4cc(C)cc(-c5cccc6ccccc56)c4O)c(O)c(-c4cccc5ccccc45)c3)cc(-c3cccc4ccccc34)c2O)c(O)c(-c2cccc3ccccc23)c1. The number of hydrogen-bond acceptors (Lipinski definition) is 8. The van der Waals surface area contributed by atoms with Crippen molar-refractivity contribution in [3.8, 4) is 112 Å². The summed E-state index contributed by atoms with van der Waals surface area (Å²) in [4.78, 5) is 4.40. The average Bonchev–Trinajstić information content (AvgIpc) is 0.776. The van der Waals surface area contributed by atoms with Gasteiger partial charge in [-0.1, -0.05) is 243 Å². The summed E-state index contributed by atoms with van der Waals surface area (Å²) in [5, 5.41) is 59.0. The molecule has 0 unspecified atom stereocenters. The Morgan fingerprint density at radius 1 is 0.210 bits per heavy atom. The van der Waals surface area contributed by atoms with Crippen molar-refractivity contribution in [3.05, 3.63) is 338 Å². The van der Waals surface area contributed by atoms with E-state index in [0.717, 1.165) is 210 Å². The van der Waals surface area contributed by atoms with Gasteiger partial charge >= 0.3 is 0 Å². The van der Waals surface area contributed by atoms with Crippen molar-refractivity contribution >= 4 is 90.1 Å². The first kappa shape index (κ1) is 68.6. The van der Waals surface area contributed by atoms with Gasteiger partial charge in [0.15, 0.2) is 0 Å². The van der Waals surface area contributed by atoms with E-state index in [2.05, 4.69) is 329 Å². The molecule has 16 rings (SSSR count). The number of hydrogen-bond donors (Lipinski definition) is 4. The van der Waals surface area contributed by atoms with Crippen LogP contribution in [0.25, 0.3) is 132 Å². The van der Waals surface area contributed by atoms with Crippen LogP contribution < -0.4 is 0 Å². The minimum Gasteiger partial charge on any atom is -0.507 e. The zero-order valence-corrected chi connectivity index (χ0v) is 61.7. The van der Waals surface area contributed by atoms with Crippen LogP contribution >= 0.6 is 47.0 Å². The maximum Gasteiger partial charge on any atom is 0.131 e. The molecule has 0 heterocycles. The maximum absolute atomic E-state index is 13.0. The molecule has 0 aliphatic carbocycles. The van der Waals surface area contributed by atoms with Gasteiger partial charge in [-0.2, -0.15) is 0 Å². The summed E-state index contributed by atoms with van der Waals surface area (Å²) >= 11 is 7.24. The van der Waals surface area contributed by atoms with E-state index in [1.165, 1.54) is 0 Å². The summed E-state index contributed by atoms with van der Waals surface area (Å²) < 4.78 is 0. The number of fused-ring (bicyclic) bond motifs is 4. The van der Waals surface area contributed by atoms with Crippen molar-refractivity contribution < 1.29 is 20.4 Å². The Hall–Kier alpha value is -10.8. The van der Waals surface area contributed by atoms with E-state index in [-0.39, 0.29) is 17.2 Å². The maximum atomic E-state index is 13.0. The molecule has 0 radical (unpaired) electrons. The Labute approximate surface area is 631 Å². The van der Waals surface area contributed by atoms with Crippen molar-refractivity contribution in [1.82, 2.24) is 0 Å². The van der Waals surface area contributed by atoms with E-state index in [4.69, 9.17) is 0 Å². The summed E-state index contributed by atoms with van der Waals surface area (Å²) in [7, 11) is 0. The van der Waals surface area contributed by atoms with E-state index < -0.39 is 0 Å². The minimum atomic E-state index is 0.221. The fourth-order valence-corrected chi connectivity index (χ4v) is 19.3. The first-order valence-corrected chi connectivity index (χ1v) is 39.7. The molecule has 0 fully saturated rings. The van der Waals surface area contributed by atoms with Gasteiger partial charge in [-0.15, -0.1) is 47.0 Å². The van der Waals surface area contributed by atoms with Crippen LogP contribution in [-0.2, 0) is 6.42 Å². The third-order valence-electron chi connectivity index (χ3n) is 19.9. The molecule has 0 spiro atoms. The highest BCUT2D eigenvalue weighted by molar-refractivity contribution is 8.03. The molecule has 0 bridgehead atoms. The highest BCUT2D eigenvalue weighted by Crippen LogP contribution is 2.51. The van der Waals surface area contributed by atoms with Gasteiger partial charge in [0.2, 0.25) is 0 Å². The molecular formula is C97H76O4S4. The van der Waals surface area contributed by atoms with Crippen LogP contribution in [0.4, 0.5) is 0 Å². The Morgan fingerprint density at radius 3 is 0.714 bits per heavy atom. The van der Waals surface area contributed by atoms with Gasteiger partial charge in [0.25, 0.3) is 0 Å². The van der Waals surface area contributed by atoms with Crippen LogP contribution in [0, 0.1) is 13.8 Å². The van der Waals surface area contributed by atoms with Crippen molar-refractivity contribution in [2.24, 2.45) is 0 Å². The third-order valence-corrected chi connectivity index (χ3v) is 24.7. The molecule has 105 heavy (non-hydrogen) atoms. The van der Waals surface area contributed by atoms with Crippen LogP contribution in [-0.4, -0.2) is 43.4 Å². The molecule has 512 valence electrons. The standard InChI is InChI=1S/C97H76O4S4/c1-62-53-82(74-41-21-29-66-25-3-7-33-70(66)74)94(98)84(55-62)78-37-11-15-45-90(78)102-49-19-20-50-103-91-46-16-13-39-80(91)88-60-64(58-86(96(88)100)76-43-23-31-68-27-5-9-35-72(68)76)57-65-59-87(77-44-24-32-69-28-6-10-36-73(69)77)97(101)89(61-65)81-40-14-18-48-93(81)105-52-51-104-92-47-17-12-38-79(92)85-56-63(2)54-83(95(85)99)75-42-22-30-67-26-4-8-34-71(67)75/h3-18,21-48,53-56,58-61,98-101H,19-20,49-52,57H2,1-2H3. The number of phenolic OH excluding ortho intramolecular Hbond substituents is 4. The van der Waals surface area contributed by atoms with E-state index in [1.54, 1.807) is 23.5 Å². The zero-order valence-electron chi connectivity index (χ0n) is 58.4. The van der Waals surface area contributed by atoms with Gasteiger partial charge in [0.05, 0.1) is 0 Å². The lowest BCUT2D eigenvalue weighted by Gasteiger charge is -2.19. The van der Waals surface area contributed by atoms with Gasteiger partial charge in [-0.3, -0.25) is 0 Å². The highest BCUT2D eigenvalue weighted by atomic mass is 32.2. The number of aromatic hydroxyl groups is 4. The molecule has 4 N–H and O–H groups in total. The predicted molar refractivity (Wildman–Crippen MR) is 450 cm³/mol. The molecule has 0 aliphatic rings. The monoisotopic (exact) mass is 1430 g/mol. The lowest BCUT2D eigenvalue weighted by molar-refractivity contribution is 0.478. The van der Waals surface area contributed by atoms with Crippen LogP contribution in [0.5, 0.6) is 23.0 Å². The predicted octanol–water partition coefficient (Wildman–Crippen LogP) is 27.2. The number of thioether (sulfide) groups is 4. The van der Waals surface area contributed by atoms with E-state index in [9.17, 15) is 20.4 Å². The fourth-order valence-electron chi connectivity index (χ4n) is 15.0. The topological polar surface area (TPSA) is 80.9 Å². The van der Waals surface area contributed by atoms with Crippen LogP contribution in [0.1, 0.15) is 35.1 Å². The third kappa shape index (κ3) is 14.2. The Morgan fingerprint density at radius 2 is 0.419 bits per heavy atom. The molecule has 4 nitrogen and oxygen atoms in total. The van der Waals surface area contributed by atoms with E-state index in [0.29, 0.717) is 12.2 Å². The second-order valence-electron chi connectivity index (χ2n) is 26.9. The smallest absolute Gasteiger partial charge is 0.131 e. The number of aryl methyl sites for hydroxylation is 2. The molecular weight excluding hydrogens is 1360 g/mol. The van der Waals surface area contributed by atoms with Crippen molar-refractivity contribution in [1.29, 1.82) is 0 Å². The van der Waals surface area contributed by atoms with Gasteiger partial charge in [-0.05, 0) is 227 Å². The van der Waals surface area contributed by atoms with Crippen LogP contribution in [0.2, 0.25) is 0 Å². The second kappa shape index (κ2) is 30.8. The summed E-state index contributed by atoms with van der Waals surface area (Å²) in [5.74, 6) is 4.40. The molecule has 0 aromatic heterocycles. The van der Waals surface area contributed by atoms with Gasteiger partial charge in [-0.25, -0.2) is 0 Å². The van der Waals surface area contributed by atoms with E-state index in [1.807, 2.05) is 23.5 Å². The number of benzene rings is 16. The minimum absolute atomic E-state index is 0.221. The first-order valence-electron chi connectivity index (χ1n) is 35.8. The first-order chi connectivity index (χ1) is 51.6. The lowest BCUT2D eigenvalue weighted by Crippen LogP contribution is -1.97. The number of phenols is 4. The summed E-state index contributed by atoms with van der Waals surface area (Å²) in [6, 6.07) is 110. The van der Waals surface area contributed by atoms with Gasteiger partial charge < -0.3 is 20.4 Å². The largest absolute Gasteiger partial charge is 0.507 e. The zero-order chi connectivity index (χ0) is 71.3. The molecule has 0 saturated heterocycles. The molecule has 0 amide bonds. The lowest BCUT2D eigenvalue weighted by atomic mass is 9.88. The summed E-state index contributed by atoms with van der Waals surface area (Å²) in [6.07, 6.45) is 2.48. The van der Waals surface area contributed by atoms with Crippen LogP contribution in [0.3, 0.4) is 0 Å². The quantitative estimate of drug-likeness (QED) is 0.0395. The molecule has 16 aromatic rings. The molecule has 0 atom stereocenters. The average molecular weight is 1430 g/mol. The highest BCUT2D eigenvalue weighted by Gasteiger charge is 2.24. The van der Waals surface area contributed by atoms with Crippen molar-refractivity contribution in [2.45, 2.75) is 52.7 Å². The fraction of sp³-hybridized carbons (Fsp3) is 0.0928. The van der Waals surface area contributed by atoms with E-state index >= 15 is 0 Å². The Kier molecular flexibility index (Phi) is 20.1. The molecule has 0 aliphatic heterocycles. The summed E-state index contributed by atoms with van der Waals surface area (Å²) in [6.45, 7) is 4.21. The van der Waals surface area contributed by atoms with Crippen molar-refractivity contribution in [2.75, 3.05) is 23.0 Å². The Bertz CT molecular complexity index is 5940. The number of unbranched alkanes of at least 4 members (excludes halogenated alkanes) is 1. The van der Waals surface area contributed by atoms with Gasteiger partial charge in [0, 0.05) is 75.6 Å². The molecule has 16 aromatic carbocycles. The van der Waals surface area contributed by atoms with Crippen LogP contribution in [0.15, 0.2) is 335 Å².